The number of piperazine rings is 1. The van der Waals surface area contributed by atoms with E-state index in [1.54, 1.807) is 21.3 Å². The zero-order valence-corrected chi connectivity index (χ0v) is 19.5. The van der Waals surface area contributed by atoms with Crippen LogP contribution in [0.5, 0.6) is 17.2 Å². The predicted molar refractivity (Wildman–Crippen MR) is 132 cm³/mol. The number of hydrogen-bond donors (Lipinski definition) is 0. The number of hydrazone groups is 1. The number of methoxy groups -OCH3 is 3. The van der Waals surface area contributed by atoms with Crippen molar-refractivity contribution in [2.75, 3.05) is 47.5 Å². The van der Waals surface area contributed by atoms with Crippen LogP contribution >= 0.6 is 0 Å². The van der Waals surface area contributed by atoms with Crippen LogP contribution in [0.2, 0.25) is 0 Å². The van der Waals surface area contributed by atoms with Gasteiger partial charge < -0.3 is 14.2 Å². The van der Waals surface area contributed by atoms with E-state index in [0.717, 1.165) is 31.7 Å². The molecule has 0 N–H and O–H groups in total. The first-order valence-corrected chi connectivity index (χ1v) is 11.2. The molecule has 1 saturated heterocycles. The van der Waals surface area contributed by atoms with Crippen LogP contribution < -0.4 is 14.2 Å². The normalized spacial score (nSPS) is 14.6. The van der Waals surface area contributed by atoms with Gasteiger partial charge in [0.05, 0.1) is 33.6 Å². The summed E-state index contributed by atoms with van der Waals surface area (Å²) in [6.45, 7) is 3.58. The molecule has 0 bridgehead atoms. The third-order valence-corrected chi connectivity index (χ3v) is 5.94. The highest BCUT2D eigenvalue weighted by Crippen LogP contribution is 2.37. The van der Waals surface area contributed by atoms with E-state index >= 15 is 0 Å². The van der Waals surface area contributed by atoms with E-state index in [1.807, 2.05) is 18.3 Å². The largest absolute Gasteiger partial charge is 0.493 e. The van der Waals surface area contributed by atoms with Crippen LogP contribution in [0.25, 0.3) is 0 Å². The maximum absolute atomic E-state index is 5.45. The van der Waals surface area contributed by atoms with Crippen molar-refractivity contribution < 1.29 is 14.2 Å². The summed E-state index contributed by atoms with van der Waals surface area (Å²) in [6, 6.07) is 25.5. The third kappa shape index (κ3) is 5.29. The molecule has 0 unspecified atom stereocenters. The van der Waals surface area contributed by atoms with Crippen LogP contribution in [0, 0.1) is 0 Å². The van der Waals surface area contributed by atoms with Crippen molar-refractivity contribution in [2.45, 2.75) is 6.04 Å². The Balaban J connectivity index is 1.47. The molecule has 33 heavy (non-hydrogen) atoms. The van der Waals surface area contributed by atoms with Gasteiger partial charge in [0.2, 0.25) is 5.75 Å². The zero-order valence-electron chi connectivity index (χ0n) is 19.5. The van der Waals surface area contributed by atoms with Crippen LogP contribution in [0.3, 0.4) is 0 Å². The Labute approximate surface area is 196 Å². The molecule has 6 heteroatoms. The summed E-state index contributed by atoms with van der Waals surface area (Å²) in [5.74, 6) is 1.83. The van der Waals surface area contributed by atoms with E-state index in [4.69, 9.17) is 19.3 Å². The summed E-state index contributed by atoms with van der Waals surface area (Å²) >= 11 is 0. The molecule has 0 saturated carbocycles. The lowest BCUT2D eigenvalue weighted by Gasteiger charge is -2.38. The first kappa shape index (κ1) is 22.7. The molecule has 0 spiro atoms. The van der Waals surface area contributed by atoms with E-state index in [9.17, 15) is 0 Å². The lowest BCUT2D eigenvalue weighted by atomic mass is 9.96. The van der Waals surface area contributed by atoms with Crippen LogP contribution in [0.1, 0.15) is 22.7 Å². The SMILES string of the molecule is COc1cc(C=NN2CCN(C(c3ccccc3)c3ccccc3)CC2)cc(OC)c1OC. The average Bonchev–Trinajstić information content (AvgIpc) is 2.89. The standard InChI is InChI=1S/C27H31N3O3/c1-31-24-18-21(19-25(32-2)27(24)33-3)20-28-30-16-14-29(15-17-30)26(22-10-6-4-7-11-22)23-12-8-5-9-13-23/h4-13,18-20,26H,14-17H2,1-3H3. The van der Waals surface area contributed by atoms with Crippen molar-refractivity contribution in [3.05, 3.63) is 89.5 Å². The molecule has 6 nitrogen and oxygen atoms in total. The molecule has 1 fully saturated rings. The third-order valence-electron chi connectivity index (χ3n) is 5.94. The highest BCUT2D eigenvalue weighted by Gasteiger charge is 2.25. The summed E-state index contributed by atoms with van der Waals surface area (Å²) in [5.41, 5.74) is 3.54. The molecule has 3 aromatic carbocycles. The second-order valence-electron chi connectivity index (χ2n) is 7.92. The molecule has 0 aromatic heterocycles. The van der Waals surface area contributed by atoms with Crippen LogP contribution in [0.15, 0.2) is 77.9 Å². The number of rotatable bonds is 8. The first-order chi connectivity index (χ1) is 16.2. The molecular formula is C27H31N3O3. The Bertz CT molecular complexity index is 984. The van der Waals surface area contributed by atoms with Gasteiger partial charge in [0.1, 0.15) is 0 Å². The molecule has 1 heterocycles. The summed E-state index contributed by atoms with van der Waals surface area (Å²) in [4.78, 5) is 2.54. The Morgan fingerprint density at radius 3 is 1.70 bits per heavy atom. The van der Waals surface area contributed by atoms with E-state index in [1.165, 1.54) is 11.1 Å². The van der Waals surface area contributed by atoms with E-state index in [-0.39, 0.29) is 6.04 Å². The number of benzene rings is 3. The molecule has 172 valence electrons. The maximum Gasteiger partial charge on any atom is 0.203 e. The van der Waals surface area contributed by atoms with Gasteiger partial charge >= 0.3 is 0 Å². The second-order valence-corrected chi connectivity index (χ2v) is 7.92. The molecule has 4 rings (SSSR count). The molecular weight excluding hydrogens is 414 g/mol. The van der Waals surface area contributed by atoms with E-state index in [2.05, 4.69) is 70.6 Å². The van der Waals surface area contributed by atoms with Gasteiger partial charge in [0, 0.05) is 31.7 Å². The Morgan fingerprint density at radius 1 is 0.727 bits per heavy atom. The molecule has 1 aliphatic heterocycles. The van der Waals surface area contributed by atoms with Crippen molar-refractivity contribution >= 4 is 6.21 Å². The van der Waals surface area contributed by atoms with Gasteiger partial charge in [-0.05, 0) is 23.3 Å². The molecule has 0 atom stereocenters. The molecule has 1 aliphatic rings. The van der Waals surface area contributed by atoms with Gasteiger partial charge in [-0.2, -0.15) is 5.10 Å². The molecule has 0 aliphatic carbocycles. The van der Waals surface area contributed by atoms with Crippen molar-refractivity contribution in [1.29, 1.82) is 0 Å². The first-order valence-electron chi connectivity index (χ1n) is 11.2. The van der Waals surface area contributed by atoms with Gasteiger partial charge in [-0.1, -0.05) is 60.7 Å². The Hall–Kier alpha value is -3.51. The highest BCUT2D eigenvalue weighted by atomic mass is 16.5. The topological polar surface area (TPSA) is 46.5 Å². The zero-order chi connectivity index (χ0) is 23.0. The number of ether oxygens (including phenoxy) is 3. The lowest BCUT2D eigenvalue weighted by Crippen LogP contribution is -2.45. The summed E-state index contributed by atoms with van der Waals surface area (Å²) < 4.78 is 16.3. The minimum Gasteiger partial charge on any atom is -0.493 e. The van der Waals surface area contributed by atoms with Crippen molar-refractivity contribution in [3.63, 3.8) is 0 Å². The Morgan fingerprint density at radius 2 is 1.24 bits per heavy atom. The van der Waals surface area contributed by atoms with Crippen LogP contribution in [0.4, 0.5) is 0 Å². The van der Waals surface area contributed by atoms with E-state index < -0.39 is 0 Å². The molecule has 0 radical (unpaired) electrons. The molecule has 3 aromatic rings. The number of hydrogen-bond acceptors (Lipinski definition) is 6. The quantitative estimate of drug-likeness (QED) is 0.480. The highest BCUT2D eigenvalue weighted by molar-refractivity contribution is 5.82. The summed E-state index contributed by atoms with van der Waals surface area (Å²) in [6.07, 6.45) is 1.85. The minimum absolute atomic E-state index is 0.244. The van der Waals surface area contributed by atoms with Crippen LogP contribution in [-0.4, -0.2) is 63.6 Å². The van der Waals surface area contributed by atoms with Gasteiger partial charge in [0.25, 0.3) is 0 Å². The fourth-order valence-electron chi connectivity index (χ4n) is 4.29. The van der Waals surface area contributed by atoms with Crippen molar-refractivity contribution in [1.82, 2.24) is 9.91 Å². The lowest BCUT2D eigenvalue weighted by molar-refractivity contribution is 0.113. The Kier molecular flexibility index (Phi) is 7.47. The summed E-state index contributed by atoms with van der Waals surface area (Å²) in [7, 11) is 4.84. The second kappa shape index (κ2) is 10.9. The maximum atomic E-state index is 5.45. The van der Waals surface area contributed by atoms with E-state index in [0.29, 0.717) is 17.2 Å². The van der Waals surface area contributed by atoms with Crippen LogP contribution in [-0.2, 0) is 0 Å². The average molecular weight is 446 g/mol. The van der Waals surface area contributed by atoms with Gasteiger partial charge in [0.15, 0.2) is 11.5 Å². The molecule has 0 amide bonds. The van der Waals surface area contributed by atoms with Crippen molar-refractivity contribution in [3.8, 4) is 17.2 Å². The fraction of sp³-hybridized carbons (Fsp3) is 0.296. The van der Waals surface area contributed by atoms with Gasteiger partial charge in [-0.15, -0.1) is 0 Å². The fourth-order valence-corrected chi connectivity index (χ4v) is 4.29. The predicted octanol–water partition coefficient (Wildman–Crippen LogP) is 4.45. The monoisotopic (exact) mass is 445 g/mol. The summed E-state index contributed by atoms with van der Waals surface area (Å²) in [5, 5.41) is 6.85. The minimum atomic E-state index is 0.244. The smallest absolute Gasteiger partial charge is 0.203 e. The van der Waals surface area contributed by atoms with Crippen molar-refractivity contribution in [2.24, 2.45) is 5.10 Å². The van der Waals surface area contributed by atoms with Gasteiger partial charge in [-0.3, -0.25) is 9.91 Å². The number of nitrogens with zero attached hydrogens (tertiary/aromatic N) is 3. The van der Waals surface area contributed by atoms with Gasteiger partial charge in [-0.25, -0.2) is 0 Å².